The van der Waals surface area contributed by atoms with E-state index in [9.17, 15) is 29.1 Å². The number of pyridine rings is 2. The van der Waals surface area contributed by atoms with Crippen LogP contribution in [0.4, 0.5) is 9.59 Å². The van der Waals surface area contributed by atoms with Gasteiger partial charge in [-0.1, -0.05) is 32.9 Å². The first-order chi connectivity index (χ1) is 31.2. The van der Waals surface area contributed by atoms with Crippen molar-refractivity contribution in [1.29, 1.82) is 0 Å². The van der Waals surface area contributed by atoms with E-state index in [0.29, 0.717) is 35.4 Å². The number of ether oxygens (including phenoxy) is 2. The van der Waals surface area contributed by atoms with Gasteiger partial charge in [-0.25, -0.2) is 24.0 Å². The number of amides is 4. The molecule has 354 valence electrons. The fraction of sp³-hybridized carbons (Fsp3) is 0.700. The lowest BCUT2D eigenvalue weighted by molar-refractivity contribution is -0.146. The Labute approximate surface area is 383 Å². The molecule has 4 amide bonds. The van der Waals surface area contributed by atoms with Gasteiger partial charge in [0.05, 0.1) is 25.6 Å². The van der Waals surface area contributed by atoms with Crippen LogP contribution in [0, 0.1) is 52.8 Å². The first-order valence-electron chi connectivity index (χ1n) is 24.3. The van der Waals surface area contributed by atoms with Gasteiger partial charge in [-0.3, -0.25) is 15.3 Å². The van der Waals surface area contributed by atoms with E-state index >= 15 is 0 Å². The third-order valence-electron chi connectivity index (χ3n) is 15.7. The van der Waals surface area contributed by atoms with Crippen LogP contribution in [0.2, 0.25) is 0 Å². The molecule has 2 aromatic rings. The maximum absolute atomic E-state index is 13.4. The summed E-state index contributed by atoms with van der Waals surface area (Å²) in [6.07, 6.45) is 20.2. The molecule has 2 heterocycles. The van der Waals surface area contributed by atoms with Crippen LogP contribution in [0.5, 0.6) is 0 Å². The number of methoxy groups -OCH3 is 2. The highest BCUT2D eigenvalue weighted by atomic mass is 16.5. The van der Waals surface area contributed by atoms with E-state index in [4.69, 9.17) is 9.47 Å². The summed E-state index contributed by atoms with van der Waals surface area (Å²) in [5, 5.41) is 21.7. The predicted molar refractivity (Wildman–Crippen MR) is 242 cm³/mol. The minimum absolute atomic E-state index is 0.0861. The van der Waals surface area contributed by atoms with Gasteiger partial charge in [-0.15, -0.1) is 0 Å². The molecule has 10 aliphatic carbocycles. The molecule has 0 radical (unpaired) electrons. The molecule has 3 atom stereocenters. The number of hydrogen-bond donors (Lipinski definition) is 5. The second-order valence-corrected chi connectivity index (χ2v) is 21.6. The molecule has 8 bridgehead atoms. The minimum Gasteiger partial charge on any atom is -0.480 e. The molecule has 0 saturated heterocycles. The van der Waals surface area contributed by atoms with Crippen LogP contribution < -0.4 is 21.3 Å². The van der Waals surface area contributed by atoms with E-state index in [-0.39, 0.29) is 36.2 Å². The van der Waals surface area contributed by atoms with Crippen LogP contribution in [0.1, 0.15) is 134 Å². The second-order valence-electron chi connectivity index (χ2n) is 21.6. The smallest absolute Gasteiger partial charge is 0.334 e. The summed E-state index contributed by atoms with van der Waals surface area (Å²) in [5.74, 6) is 4.19. The number of aromatic nitrogens is 2. The molecule has 15 heteroatoms. The number of carbonyl (C=O) groups is 5. The fourth-order valence-electron chi connectivity index (χ4n) is 12.8. The topological polar surface area (TPSA) is 201 Å². The molecule has 65 heavy (non-hydrogen) atoms. The zero-order valence-corrected chi connectivity index (χ0v) is 38.8. The third-order valence-corrected chi connectivity index (χ3v) is 15.7. The molecular weight excluding hydrogens is 827 g/mol. The molecular formula is C50H71N7O8. The summed E-state index contributed by atoms with van der Waals surface area (Å²) in [6.45, 7) is 5.48. The standard InChI is InChI=1S/C22H29N3O3.C17H28N2O3.C11H14N2O2/c1-28-21(26)20(18-4-2-3-7-23-18)25(17-5-6-17)22(27)24-19-15-9-13-8-14(11-15)12-16(19)10-13;1-17(2,3)14(15(20)21)19-16(22)18-13-11-5-9-4-10(7-11)8-12(13)6-9;1-15-11(14)10(13-8-5-6-8)9-4-2-3-7-12-9/h2-4,7,13-17,19-20H,5-6,8-12H2,1H3,(H,24,27);9-14H,4-8H2,1-3H3,(H,20,21)(H2,18,19,22);2-4,7-8,10,13H,5-6H2,1H3/t;9?,10?,11?,12?,13?,14-;/m.1./s1. The Morgan fingerprint density at radius 1 is 0.662 bits per heavy atom. The number of carboxylic acids is 1. The van der Waals surface area contributed by atoms with Gasteiger partial charge in [-0.05, 0) is 167 Å². The molecule has 0 aromatic carbocycles. The van der Waals surface area contributed by atoms with E-state index in [1.807, 2.05) is 51.1 Å². The first-order valence-corrected chi connectivity index (χ1v) is 24.3. The molecule has 2 unspecified atom stereocenters. The molecule has 15 nitrogen and oxygen atoms in total. The highest BCUT2D eigenvalue weighted by Crippen LogP contribution is 2.55. The lowest BCUT2D eigenvalue weighted by Gasteiger charge is -2.54. The Balaban J connectivity index is 0.000000139. The Kier molecular flexibility index (Phi) is 14.4. The molecule has 0 aliphatic heterocycles. The molecule has 10 saturated carbocycles. The quantitative estimate of drug-likeness (QED) is 0.138. The fourth-order valence-corrected chi connectivity index (χ4v) is 12.8. The van der Waals surface area contributed by atoms with Crippen LogP contribution in [0.15, 0.2) is 48.8 Å². The van der Waals surface area contributed by atoms with Gasteiger partial charge in [0.25, 0.3) is 0 Å². The van der Waals surface area contributed by atoms with E-state index in [1.54, 1.807) is 23.4 Å². The number of nitrogens with zero attached hydrogens (tertiary/aromatic N) is 3. The van der Waals surface area contributed by atoms with Crippen molar-refractivity contribution in [3.63, 3.8) is 0 Å². The van der Waals surface area contributed by atoms with Crippen molar-refractivity contribution in [3.05, 3.63) is 60.2 Å². The molecule has 0 spiro atoms. The SMILES string of the molecule is CC(C)(C)[C@H](NC(=O)NC1C2CC3CC(C2)CC1C3)C(=O)O.COC(=O)C(NC1CC1)c1ccccn1.COC(=O)C(c1ccccn1)N(C(=O)NC1C2CC3CC(C2)CC1C3)C1CC1. The van der Waals surface area contributed by atoms with E-state index in [2.05, 4.69) is 31.2 Å². The Morgan fingerprint density at radius 3 is 1.54 bits per heavy atom. The Bertz CT molecular complexity index is 1930. The molecule has 10 aliphatic rings. The van der Waals surface area contributed by atoms with Gasteiger partial charge >= 0.3 is 30.0 Å². The van der Waals surface area contributed by atoms with E-state index in [1.165, 1.54) is 78.4 Å². The zero-order chi connectivity index (χ0) is 46.0. The van der Waals surface area contributed by atoms with Crippen molar-refractivity contribution in [3.8, 4) is 0 Å². The van der Waals surface area contributed by atoms with Gasteiger partial charge in [-0.2, -0.15) is 0 Å². The van der Waals surface area contributed by atoms with Gasteiger partial charge < -0.3 is 35.4 Å². The summed E-state index contributed by atoms with van der Waals surface area (Å²) in [7, 11) is 2.77. The average Bonchev–Trinajstić information content (AvgIpc) is 4.23. The summed E-state index contributed by atoms with van der Waals surface area (Å²) in [5.41, 5.74) is 0.783. The Morgan fingerprint density at radius 2 is 1.14 bits per heavy atom. The molecule has 10 fully saturated rings. The number of urea groups is 2. The second kappa shape index (κ2) is 20.0. The number of carboxylic acid groups (broad SMARTS) is 1. The summed E-state index contributed by atoms with van der Waals surface area (Å²) in [6, 6.07) is 9.48. The van der Waals surface area contributed by atoms with Crippen LogP contribution in [0.25, 0.3) is 0 Å². The normalized spacial score (nSPS) is 31.3. The molecule has 2 aromatic heterocycles. The predicted octanol–water partition coefficient (Wildman–Crippen LogP) is 6.95. The lowest BCUT2D eigenvalue weighted by Crippen LogP contribution is -2.60. The molecule has 12 rings (SSSR count). The minimum atomic E-state index is -0.979. The van der Waals surface area contributed by atoms with Crippen LogP contribution >= 0.6 is 0 Å². The highest BCUT2D eigenvalue weighted by Gasteiger charge is 2.51. The van der Waals surface area contributed by atoms with Gasteiger partial charge in [0, 0.05) is 36.6 Å². The number of carbonyl (C=O) groups excluding carboxylic acids is 4. The van der Waals surface area contributed by atoms with E-state index in [0.717, 1.165) is 55.0 Å². The average molecular weight is 898 g/mol. The van der Waals surface area contributed by atoms with Crippen molar-refractivity contribution in [2.24, 2.45) is 52.8 Å². The third kappa shape index (κ3) is 11.3. The largest absolute Gasteiger partial charge is 0.480 e. The van der Waals surface area contributed by atoms with Gasteiger partial charge in [0.15, 0.2) is 6.04 Å². The number of rotatable bonds is 12. The number of hydrogen-bond acceptors (Lipinski definition) is 10. The highest BCUT2D eigenvalue weighted by molar-refractivity contribution is 5.85. The Hall–Kier alpha value is -4.79. The van der Waals surface area contributed by atoms with Gasteiger partial charge in [0.2, 0.25) is 0 Å². The first kappa shape index (κ1) is 46.7. The number of nitrogens with one attached hydrogen (secondary N) is 4. The van der Waals surface area contributed by atoms with Gasteiger partial charge in [0.1, 0.15) is 12.1 Å². The number of esters is 2. The van der Waals surface area contributed by atoms with Crippen molar-refractivity contribution in [1.82, 2.24) is 36.1 Å². The summed E-state index contributed by atoms with van der Waals surface area (Å²) >= 11 is 0. The van der Waals surface area contributed by atoms with E-state index < -0.39 is 35.5 Å². The van der Waals surface area contributed by atoms with Crippen molar-refractivity contribution in [2.45, 2.75) is 153 Å². The maximum Gasteiger partial charge on any atom is 0.334 e. The monoisotopic (exact) mass is 898 g/mol. The van der Waals surface area contributed by atoms with Crippen LogP contribution in [-0.4, -0.2) is 94.4 Å². The van der Waals surface area contributed by atoms with Crippen LogP contribution in [0.3, 0.4) is 0 Å². The summed E-state index contributed by atoms with van der Waals surface area (Å²) < 4.78 is 9.81. The van der Waals surface area contributed by atoms with Crippen molar-refractivity contribution >= 4 is 30.0 Å². The van der Waals surface area contributed by atoms with Crippen molar-refractivity contribution < 1.29 is 38.6 Å². The maximum atomic E-state index is 13.4. The lowest BCUT2D eigenvalue weighted by atomic mass is 9.54. The summed E-state index contributed by atoms with van der Waals surface area (Å²) in [4.78, 5) is 71.5. The molecule has 5 N–H and O–H groups in total. The zero-order valence-electron chi connectivity index (χ0n) is 38.8. The van der Waals surface area contributed by atoms with Crippen molar-refractivity contribution in [2.75, 3.05) is 14.2 Å². The van der Waals surface area contributed by atoms with Crippen LogP contribution in [-0.2, 0) is 23.9 Å². The number of aliphatic carboxylic acids is 1.